The van der Waals surface area contributed by atoms with Gasteiger partial charge in [0, 0.05) is 11.4 Å². The quantitative estimate of drug-likeness (QED) is 0.875. The SMILES string of the molecule is CCCc1nc(COc2cccc([C@@H](C)N)c2)cs1. The van der Waals surface area contributed by atoms with Crippen molar-refractivity contribution in [2.75, 3.05) is 0 Å². The van der Waals surface area contributed by atoms with Crippen LogP contribution in [0.1, 0.15) is 42.6 Å². The molecule has 1 heterocycles. The largest absolute Gasteiger partial charge is 0.487 e. The summed E-state index contributed by atoms with van der Waals surface area (Å²) in [6.07, 6.45) is 2.18. The molecule has 0 aliphatic carbocycles. The van der Waals surface area contributed by atoms with Crippen LogP contribution in [-0.4, -0.2) is 4.98 Å². The highest BCUT2D eigenvalue weighted by molar-refractivity contribution is 7.09. The van der Waals surface area contributed by atoms with E-state index in [1.165, 1.54) is 5.01 Å². The first kappa shape index (κ1) is 14.0. The molecule has 102 valence electrons. The molecule has 0 aliphatic heterocycles. The molecule has 2 rings (SSSR count). The van der Waals surface area contributed by atoms with Gasteiger partial charge in [0.05, 0.1) is 10.7 Å². The number of nitrogens with two attached hydrogens (primary N) is 1. The third-order valence-electron chi connectivity index (χ3n) is 2.83. The molecule has 3 nitrogen and oxygen atoms in total. The summed E-state index contributed by atoms with van der Waals surface area (Å²) in [5.41, 5.74) is 7.95. The molecule has 0 fully saturated rings. The molecular formula is C15H20N2OS. The van der Waals surface area contributed by atoms with Gasteiger partial charge in [0.1, 0.15) is 12.4 Å². The summed E-state index contributed by atoms with van der Waals surface area (Å²) in [5, 5.41) is 3.26. The minimum atomic E-state index is 0.0268. The summed E-state index contributed by atoms with van der Waals surface area (Å²) in [5.74, 6) is 0.847. The normalized spacial score (nSPS) is 12.4. The summed E-state index contributed by atoms with van der Waals surface area (Å²) in [6.45, 7) is 4.65. The van der Waals surface area contributed by atoms with Gasteiger partial charge in [0.25, 0.3) is 0 Å². The molecule has 1 aromatic heterocycles. The lowest BCUT2D eigenvalue weighted by Crippen LogP contribution is -2.05. The standard InChI is InChI=1S/C15H20N2OS/c1-3-5-15-17-13(10-19-15)9-18-14-7-4-6-12(8-14)11(2)16/h4,6-8,10-11H,3,5,9,16H2,1-2H3/t11-/m1/s1. The topological polar surface area (TPSA) is 48.1 Å². The van der Waals surface area contributed by atoms with Gasteiger partial charge in [0.15, 0.2) is 0 Å². The average molecular weight is 276 g/mol. The number of aromatic nitrogens is 1. The van der Waals surface area contributed by atoms with Crippen LogP contribution in [0.2, 0.25) is 0 Å². The minimum absolute atomic E-state index is 0.0268. The zero-order valence-corrected chi connectivity index (χ0v) is 12.2. The van der Waals surface area contributed by atoms with Crippen molar-refractivity contribution in [2.45, 2.75) is 39.3 Å². The Balaban J connectivity index is 1.95. The van der Waals surface area contributed by atoms with Crippen LogP contribution in [0.4, 0.5) is 0 Å². The molecule has 0 saturated heterocycles. The molecule has 0 unspecified atom stereocenters. The second-order valence-electron chi connectivity index (χ2n) is 4.63. The lowest BCUT2D eigenvalue weighted by molar-refractivity contribution is 0.301. The van der Waals surface area contributed by atoms with Gasteiger partial charge in [-0.2, -0.15) is 0 Å². The van der Waals surface area contributed by atoms with Crippen molar-refractivity contribution < 1.29 is 4.74 Å². The van der Waals surface area contributed by atoms with Crippen LogP contribution < -0.4 is 10.5 Å². The number of rotatable bonds is 6. The van der Waals surface area contributed by atoms with Crippen LogP contribution in [0.25, 0.3) is 0 Å². The van der Waals surface area contributed by atoms with Crippen LogP contribution >= 0.6 is 11.3 Å². The Bertz CT molecular complexity index is 522. The zero-order valence-electron chi connectivity index (χ0n) is 11.4. The monoisotopic (exact) mass is 276 g/mol. The summed E-state index contributed by atoms with van der Waals surface area (Å²) >= 11 is 1.71. The van der Waals surface area contributed by atoms with E-state index in [0.717, 1.165) is 29.8 Å². The molecule has 1 atom stereocenters. The van der Waals surface area contributed by atoms with E-state index in [9.17, 15) is 0 Å². The second kappa shape index (κ2) is 6.68. The van der Waals surface area contributed by atoms with Gasteiger partial charge in [-0.05, 0) is 37.5 Å². The van der Waals surface area contributed by atoms with Gasteiger partial charge >= 0.3 is 0 Å². The lowest BCUT2D eigenvalue weighted by Gasteiger charge is -2.09. The van der Waals surface area contributed by atoms with Gasteiger partial charge in [0.2, 0.25) is 0 Å². The molecule has 2 N–H and O–H groups in total. The molecule has 1 aromatic carbocycles. The van der Waals surface area contributed by atoms with Crippen LogP contribution in [0.15, 0.2) is 29.6 Å². The predicted molar refractivity (Wildman–Crippen MR) is 79.5 cm³/mol. The molecule has 0 radical (unpaired) electrons. The maximum absolute atomic E-state index is 5.86. The molecule has 4 heteroatoms. The molecular weight excluding hydrogens is 256 g/mol. The van der Waals surface area contributed by atoms with E-state index < -0.39 is 0 Å². The van der Waals surface area contributed by atoms with Gasteiger partial charge in [-0.15, -0.1) is 11.3 Å². The van der Waals surface area contributed by atoms with E-state index in [1.54, 1.807) is 11.3 Å². The van der Waals surface area contributed by atoms with Gasteiger partial charge in [-0.25, -0.2) is 4.98 Å². The van der Waals surface area contributed by atoms with Gasteiger partial charge < -0.3 is 10.5 Å². The van der Waals surface area contributed by atoms with E-state index in [-0.39, 0.29) is 6.04 Å². The van der Waals surface area contributed by atoms with E-state index in [0.29, 0.717) is 6.61 Å². The molecule has 0 aliphatic rings. The number of hydrogen-bond donors (Lipinski definition) is 1. The molecule has 2 aromatic rings. The third kappa shape index (κ3) is 4.04. The maximum atomic E-state index is 5.86. The Kier molecular flexibility index (Phi) is 4.93. The van der Waals surface area contributed by atoms with Gasteiger partial charge in [-0.3, -0.25) is 0 Å². The Hall–Kier alpha value is -1.39. The molecule has 0 amide bonds. The first-order chi connectivity index (χ1) is 9.19. The number of benzene rings is 1. The van der Waals surface area contributed by atoms with E-state index in [1.807, 2.05) is 31.2 Å². The van der Waals surface area contributed by atoms with Crippen LogP contribution in [0.3, 0.4) is 0 Å². The summed E-state index contributed by atoms with van der Waals surface area (Å²) in [6, 6.07) is 7.95. The molecule has 19 heavy (non-hydrogen) atoms. The Labute approximate surface area is 118 Å². The number of hydrogen-bond acceptors (Lipinski definition) is 4. The lowest BCUT2D eigenvalue weighted by atomic mass is 10.1. The van der Waals surface area contributed by atoms with Crippen molar-refractivity contribution >= 4 is 11.3 Å². The predicted octanol–water partition coefficient (Wildman–Crippen LogP) is 3.69. The Morgan fingerprint density at radius 3 is 3.00 bits per heavy atom. The number of aryl methyl sites for hydroxylation is 1. The highest BCUT2D eigenvalue weighted by Crippen LogP contribution is 2.19. The summed E-state index contributed by atoms with van der Waals surface area (Å²) in [4.78, 5) is 4.54. The van der Waals surface area contributed by atoms with Crippen molar-refractivity contribution in [1.29, 1.82) is 0 Å². The number of nitrogens with zero attached hydrogens (tertiary/aromatic N) is 1. The van der Waals surface area contributed by atoms with Crippen LogP contribution in [-0.2, 0) is 13.0 Å². The fourth-order valence-corrected chi connectivity index (χ4v) is 2.67. The average Bonchev–Trinajstić information content (AvgIpc) is 2.85. The number of thiazole rings is 1. The Morgan fingerprint density at radius 1 is 1.42 bits per heavy atom. The second-order valence-corrected chi connectivity index (χ2v) is 5.58. The maximum Gasteiger partial charge on any atom is 0.131 e. The van der Waals surface area contributed by atoms with Crippen molar-refractivity contribution in [3.05, 3.63) is 45.9 Å². The van der Waals surface area contributed by atoms with Crippen LogP contribution in [0, 0.1) is 0 Å². The first-order valence-electron chi connectivity index (χ1n) is 6.60. The van der Waals surface area contributed by atoms with Crippen molar-refractivity contribution in [2.24, 2.45) is 5.73 Å². The zero-order chi connectivity index (χ0) is 13.7. The minimum Gasteiger partial charge on any atom is -0.487 e. The van der Waals surface area contributed by atoms with Gasteiger partial charge in [-0.1, -0.05) is 19.1 Å². The third-order valence-corrected chi connectivity index (χ3v) is 3.79. The van der Waals surface area contributed by atoms with E-state index in [4.69, 9.17) is 10.5 Å². The van der Waals surface area contributed by atoms with Crippen molar-refractivity contribution in [3.8, 4) is 5.75 Å². The number of ether oxygens (including phenoxy) is 1. The van der Waals surface area contributed by atoms with Crippen molar-refractivity contribution in [3.63, 3.8) is 0 Å². The fraction of sp³-hybridized carbons (Fsp3) is 0.400. The summed E-state index contributed by atoms with van der Waals surface area (Å²) in [7, 11) is 0. The highest BCUT2D eigenvalue weighted by atomic mass is 32.1. The smallest absolute Gasteiger partial charge is 0.131 e. The van der Waals surface area contributed by atoms with Crippen molar-refractivity contribution in [1.82, 2.24) is 4.98 Å². The molecule has 0 bridgehead atoms. The van der Waals surface area contributed by atoms with E-state index >= 15 is 0 Å². The fourth-order valence-electron chi connectivity index (χ4n) is 1.79. The summed E-state index contributed by atoms with van der Waals surface area (Å²) < 4.78 is 5.76. The van der Waals surface area contributed by atoms with E-state index in [2.05, 4.69) is 17.3 Å². The highest BCUT2D eigenvalue weighted by Gasteiger charge is 2.04. The molecule has 0 saturated carbocycles. The molecule has 0 spiro atoms. The first-order valence-corrected chi connectivity index (χ1v) is 7.48. The Morgan fingerprint density at radius 2 is 2.26 bits per heavy atom. The van der Waals surface area contributed by atoms with Crippen LogP contribution in [0.5, 0.6) is 5.75 Å².